The average molecular weight is 367 g/mol. The molecule has 1 N–H and O–H groups in total. The summed E-state index contributed by atoms with van der Waals surface area (Å²) in [6, 6.07) is 15.2. The molecule has 0 radical (unpaired) electrons. The summed E-state index contributed by atoms with van der Waals surface area (Å²) in [5, 5.41) is 3.23. The van der Waals surface area contributed by atoms with Crippen molar-refractivity contribution in [1.82, 2.24) is 14.9 Å². The zero-order valence-corrected chi connectivity index (χ0v) is 14.5. The van der Waals surface area contributed by atoms with E-state index in [0.717, 1.165) is 5.56 Å². The lowest BCUT2D eigenvalue weighted by molar-refractivity contribution is 0.0995. The fourth-order valence-corrected chi connectivity index (χ4v) is 2.82. The van der Waals surface area contributed by atoms with E-state index in [9.17, 15) is 4.79 Å². The molecule has 4 rings (SSSR count). The number of fused-ring (bicyclic) bond motifs is 1. The Kier molecular flexibility index (Phi) is 4.41. The first-order valence-corrected chi connectivity index (χ1v) is 8.43. The van der Waals surface area contributed by atoms with Gasteiger partial charge in [-0.1, -0.05) is 41.9 Å². The lowest BCUT2D eigenvalue weighted by Crippen LogP contribution is -2.26. The summed E-state index contributed by atoms with van der Waals surface area (Å²) in [7, 11) is 0. The number of allylic oxidation sites excluding steroid dienone is 1. The van der Waals surface area contributed by atoms with Crippen molar-refractivity contribution in [3.63, 3.8) is 0 Å². The molecule has 0 bridgehead atoms. The Morgan fingerprint density at radius 3 is 2.85 bits per heavy atom. The second-order valence-electron chi connectivity index (χ2n) is 5.69. The maximum Gasteiger partial charge on any atom is 0.280 e. The number of carbonyl (C=O) groups is 1. The Hall–Kier alpha value is -3.12. The van der Waals surface area contributed by atoms with Crippen LogP contribution in [0.5, 0.6) is 5.88 Å². The molecule has 7 heteroatoms. The third-order valence-corrected chi connectivity index (χ3v) is 4.19. The van der Waals surface area contributed by atoms with Crippen LogP contribution in [0.25, 0.3) is 11.0 Å². The number of aromatic nitrogens is 2. The maximum atomic E-state index is 12.7. The highest BCUT2D eigenvalue weighted by Gasteiger charge is 2.17. The van der Waals surface area contributed by atoms with Crippen LogP contribution >= 0.6 is 11.6 Å². The van der Waals surface area contributed by atoms with Crippen molar-refractivity contribution in [3.05, 3.63) is 71.5 Å². The molecule has 0 fully saturated rings. The highest BCUT2D eigenvalue weighted by Crippen LogP contribution is 2.19. The van der Waals surface area contributed by atoms with Gasteiger partial charge in [0.25, 0.3) is 5.91 Å². The normalized spacial score (nSPS) is 13.7. The summed E-state index contributed by atoms with van der Waals surface area (Å²) >= 11 is 5.92. The Morgan fingerprint density at radius 1 is 1.19 bits per heavy atom. The van der Waals surface area contributed by atoms with Gasteiger partial charge in [0.2, 0.25) is 5.88 Å². The van der Waals surface area contributed by atoms with E-state index in [0.29, 0.717) is 34.4 Å². The molecule has 1 aliphatic rings. The number of halogens is 1. The van der Waals surface area contributed by atoms with Crippen LogP contribution in [0.2, 0.25) is 0 Å². The third-order valence-electron chi connectivity index (χ3n) is 3.95. The third kappa shape index (κ3) is 3.32. The first-order valence-electron chi connectivity index (χ1n) is 8.06. The van der Waals surface area contributed by atoms with Crippen LogP contribution in [0.15, 0.2) is 71.0 Å². The largest absolute Gasteiger partial charge is 0.473 e. The minimum Gasteiger partial charge on any atom is -0.473 e. The van der Waals surface area contributed by atoms with Gasteiger partial charge < -0.3 is 10.1 Å². The van der Waals surface area contributed by atoms with Crippen molar-refractivity contribution in [3.8, 4) is 5.88 Å². The molecular weight excluding hydrogens is 352 g/mol. The molecule has 3 aromatic rings. The number of hydrogen-bond acceptors (Lipinski definition) is 5. The number of carbonyl (C=O) groups excluding carboxylic acids is 1. The summed E-state index contributed by atoms with van der Waals surface area (Å²) in [5.74, 6) is 0.258. The predicted octanol–water partition coefficient (Wildman–Crippen LogP) is 3.34. The average Bonchev–Trinajstić information content (AvgIpc) is 3.10. The fraction of sp³-hybridized carbons (Fsp3) is 0.105. The molecule has 0 atom stereocenters. The minimum atomic E-state index is -0.251. The van der Waals surface area contributed by atoms with Crippen molar-refractivity contribution in [2.45, 2.75) is 6.61 Å². The van der Waals surface area contributed by atoms with Gasteiger partial charge in [-0.15, -0.1) is 0 Å². The zero-order chi connectivity index (χ0) is 17.9. The topological polar surface area (TPSA) is 68.5 Å². The van der Waals surface area contributed by atoms with Crippen molar-refractivity contribution >= 4 is 34.3 Å². The van der Waals surface area contributed by atoms with Crippen molar-refractivity contribution in [2.75, 3.05) is 6.67 Å². The quantitative estimate of drug-likeness (QED) is 0.719. The van der Waals surface area contributed by atoms with Gasteiger partial charge in [-0.2, -0.15) is 0 Å². The fourth-order valence-electron chi connectivity index (χ4n) is 2.66. The Bertz CT molecular complexity index is 1020. The Morgan fingerprint density at radius 2 is 2.04 bits per heavy atom. The molecule has 0 saturated carbocycles. The van der Waals surface area contributed by atoms with Gasteiger partial charge in [-0.25, -0.2) is 4.98 Å². The smallest absolute Gasteiger partial charge is 0.280 e. The molecule has 0 unspecified atom stereocenters. The minimum absolute atomic E-state index is 0.251. The Labute approximate surface area is 154 Å². The second-order valence-corrected chi connectivity index (χ2v) is 6.10. The number of rotatable bonds is 4. The van der Waals surface area contributed by atoms with Crippen LogP contribution in [-0.4, -0.2) is 27.8 Å². The molecule has 3 heterocycles. The number of aliphatic imine (C=N–C) groups is 1. The van der Waals surface area contributed by atoms with Crippen LogP contribution in [0.3, 0.4) is 0 Å². The highest BCUT2D eigenvalue weighted by atomic mass is 35.5. The van der Waals surface area contributed by atoms with E-state index in [1.54, 1.807) is 18.3 Å². The van der Waals surface area contributed by atoms with E-state index >= 15 is 0 Å². The van der Waals surface area contributed by atoms with Gasteiger partial charge in [0.1, 0.15) is 24.1 Å². The second kappa shape index (κ2) is 7.01. The number of nitrogens with zero attached hydrogens (tertiary/aromatic N) is 3. The molecule has 6 nitrogen and oxygen atoms in total. The lowest BCUT2D eigenvalue weighted by atomic mass is 10.2. The first-order chi connectivity index (χ1) is 12.7. The standard InChI is InChI=1S/C19H15ClN4O2/c20-17-10-15(21-12-22-17)19(25)24-9-8-14-16(24)6-7-18(23-14)26-11-13-4-2-1-3-5-13/h1-10,22H,11-12H2. The number of ether oxygens (including phenoxy) is 1. The summed E-state index contributed by atoms with van der Waals surface area (Å²) in [4.78, 5) is 21.3. The van der Waals surface area contributed by atoms with E-state index in [1.165, 1.54) is 10.6 Å². The van der Waals surface area contributed by atoms with Crippen molar-refractivity contribution < 1.29 is 9.53 Å². The van der Waals surface area contributed by atoms with Crippen molar-refractivity contribution in [1.29, 1.82) is 0 Å². The predicted molar refractivity (Wildman–Crippen MR) is 101 cm³/mol. The van der Waals surface area contributed by atoms with Gasteiger partial charge in [0, 0.05) is 18.3 Å². The van der Waals surface area contributed by atoms with Crippen LogP contribution in [0.1, 0.15) is 10.4 Å². The molecule has 130 valence electrons. The van der Waals surface area contributed by atoms with Gasteiger partial charge >= 0.3 is 0 Å². The number of hydrogen-bond donors (Lipinski definition) is 1. The monoisotopic (exact) mass is 366 g/mol. The molecule has 1 aromatic carbocycles. The van der Waals surface area contributed by atoms with Crippen LogP contribution in [0, 0.1) is 0 Å². The molecule has 0 saturated heterocycles. The van der Waals surface area contributed by atoms with Crippen LogP contribution in [-0.2, 0) is 6.61 Å². The molecule has 26 heavy (non-hydrogen) atoms. The summed E-state index contributed by atoms with van der Waals surface area (Å²) in [6.07, 6.45) is 3.19. The van der Waals surface area contributed by atoms with Gasteiger partial charge in [0.05, 0.1) is 11.0 Å². The number of benzene rings is 1. The van der Waals surface area contributed by atoms with Gasteiger partial charge in [0.15, 0.2) is 0 Å². The molecular formula is C19H15ClN4O2. The summed E-state index contributed by atoms with van der Waals surface area (Å²) in [5.41, 5.74) is 2.73. The molecule has 1 aliphatic heterocycles. The van der Waals surface area contributed by atoms with Crippen LogP contribution < -0.4 is 10.1 Å². The summed E-state index contributed by atoms with van der Waals surface area (Å²) in [6.45, 7) is 0.720. The number of nitrogens with one attached hydrogen (secondary N) is 1. The summed E-state index contributed by atoms with van der Waals surface area (Å²) < 4.78 is 7.24. The van der Waals surface area contributed by atoms with E-state index in [1.807, 2.05) is 36.4 Å². The van der Waals surface area contributed by atoms with Crippen LogP contribution in [0.4, 0.5) is 0 Å². The Balaban J connectivity index is 1.56. The van der Waals surface area contributed by atoms with E-state index in [2.05, 4.69) is 15.3 Å². The van der Waals surface area contributed by atoms with Gasteiger partial charge in [-0.3, -0.25) is 14.4 Å². The first kappa shape index (κ1) is 16.4. The van der Waals surface area contributed by atoms with Gasteiger partial charge in [-0.05, 0) is 17.7 Å². The maximum absolute atomic E-state index is 12.7. The van der Waals surface area contributed by atoms with E-state index in [-0.39, 0.29) is 12.6 Å². The molecule has 0 aliphatic carbocycles. The zero-order valence-electron chi connectivity index (χ0n) is 13.7. The SMILES string of the molecule is O=C(C1=NCNC(Cl)=C1)n1ccc2nc(OCc3ccccc3)ccc21. The van der Waals surface area contributed by atoms with E-state index in [4.69, 9.17) is 16.3 Å². The molecule has 2 aromatic heterocycles. The lowest BCUT2D eigenvalue weighted by Gasteiger charge is -2.11. The molecule has 0 amide bonds. The van der Waals surface area contributed by atoms with E-state index < -0.39 is 0 Å². The van der Waals surface area contributed by atoms with Crippen molar-refractivity contribution in [2.24, 2.45) is 4.99 Å². The molecule has 0 spiro atoms. The number of pyridine rings is 1. The highest BCUT2D eigenvalue weighted by molar-refractivity contribution is 6.47.